The highest BCUT2D eigenvalue weighted by molar-refractivity contribution is 5.81. The number of amides is 1. The normalized spacial score (nSPS) is 15.0. The van der Waals surface area contributed by atoms with Crippen molar-refractivity contribution in [2.45, 2.75) is 19.0 Å². The highest BCUT2D eigenvalue weighted by atomic mass is 16.5. The van der Waals surface area contributed by atoms with Crippen LogP contribution in [0.3, 0.4) is 0 Å². The van der Waals surface area contributed by atoms with Gasteiger partial charge in [0.2, 0.25) is 5.89 Å². The van der Waals surface area contributed by atoms with Crippen LogP contribution in [-0.2, 0) is 20.9 Å². The first-order valence-electron chi connectivity index (χ1n) is 9.40. The molecule has 0 aliphatic carbocycles. The molecule has 4 rings (SSSR count). The van der Waals surface area contributed by atoms with Crippen LogP contribution >= 0.6 is 0 Å². The lowest BCUT2D eigenvalue weighted by molar-refractivity contribution is -0.149. The number of carbonyl (C=O) groups excluding carboxylic acids is 2. The molecule has 0 radical (unpaired) electrons. The van der Waals surface area contributed by atoms with E-state index < -0.39 is 30.8 Å². The van der Waals surface area contributed by atoms with Gasteiger partial charge >= 0.3 is 11.7 Å². The van der Waals surface area contributed by atoms with Gasteiger partial charge in [-0.3, -0.25) is 9.59 Å². The van der Waals surface area contributed by atoms with Gasteiger partial charge in [-0.05, 0) is 18.2 Å². The van der Waals surface area contributed by atoms with E-state index in [0.717, 1.165) is 16.0 Å². The molecule has 1 aromatic heterocycles. The quantitative estimate of drug-likeness (QED) is 0.617. The zero-order valence-corrected chi connectivity index (χ0v) is 15.9. The Labute approximate surface area is 171 Å². The average molecular weight is 409 g/mol. The zero-order valence-electron chi connectivity index (χ0n) is 15.9. The molecule has 1 unspecified atom stereocenters. The zero-order chi connectivity index (χ0) is 20.9. The van der Waals surface area contributed by atoms with Crippen LogP contribution in [0.25, 0.3) is 11.5 Å². The van der Waals surface area contributed by atoms with E-state index in [1.807, 2.05) is 30.3 Å². The van der Waals surface area contributed by atoms with Gasteiger partial charge in [0, 0.05) is 17.5 Å². The Morgan fingerprint density at radius 2 is 1.90 bits per heavy atom. The number of fused-ring (bicyclic) bond motifs is 1. The summed E-state index contributed by atoms with van der Waals surface area (Å²) in [6.07, 6.45) is 0.618. The summed E-state index contributed by atoms with van der Waals surface area (Å²) in [5.41, 5.74) is 1.49. The van der Waals surface area contributed by atoms with Gasteiger partial charge in [-0.1, -0.05) is 36.4 Å². The van der Waals surface area contributed by atoms with Crippen molar-refractivity contribution in [1.29, 1.82) is 0 Å². The predicted molar refractivity (Wildman–Crippen MR) is 105 cm³/mol. The van der Waals surface area contributed by atoms with Crippen molar-refractivity contribution in [2.24, 2.45) is 0 Å². The summed E-state index contributed by atoms with van der Waals surface area (Å²) in [4.78, 5) is 36.1. The van der Waals surface area contributed by atoms with Gasteiger partial charge in [0.05, 0.1) is 12.6 Å². The Kier molecular flexibility index (Phi) is 5.60. The fraction of sp³-hybridized carbons (Fsp3) is 0.238. The summed E-state index contributed by atoms with van der Waals surface area (Å²) in [5.74, 6) is -1.17. The standard InChI is InChI=1S/C21H19N3O6/c25-18(22-16-10-11-28-17-9-5-4-8-15(16)17)13-29-19(26)12-24-21(27)30-20(23-24)14-6-2-1-3-7-14/h1-9,16H,10-13H2,(H,22,25). The lowest BCUT2D eigenvalue weighted by Gasteiger charge is -2.26. The smallest absolute Gasteiger partial charge is 0.437 e. The number of esters is 1. The van der Waals surface area contributed by atoms with Crippen molar-refractivity contribution in [3.8, 4) is 17.2 Å². The molecule has 9 nitrogen and oxygen atoms in total. The van der Waals surface area contributed by atoms with Gasteiger partial charge < -0.3 is 19.2 Å². The summed E-state index contributed by atoms with van der Waals surface area (Å²) in [7, 11) is 0. The van der Waals surface area contributed by atoms with Gasteiger partial charge in [-0.25, -0.2) is 4.79 Å². The van der Waals surface area contributed by atoms with Crippen molar-refractivity contribution in [3.05, 3.63) is 70.7 Å². The fourth-order valence-corrected chi connectivity index (χ4v) is 3.15. The van der Waals surface area contributed by atoms with E-state index in [1.54, 1.807) is 24.3 Å². The molecule has 0 spiro atoms. The summed E-state index contributed by atoms with van der Waals surface area (Å²) in [6.45, 7) is -0.431. The van der Waals surface area contributed by atoms with Crippen LogP contribution in [0.2, 0.25) is 0 Å². The molecule has 2 heterocycles. The number of para-hydroxylation sites is 1. The van der Waals surface area contributed by atoms with Crippen molar-refractivity contribution in [1.82, 2.24) is 15.1 Å². The number of nitrogens with zero attached hydrogens (tertiary/aromatic N) is 2. The second-order valence-corrected chi connectivity index (χ2v) is 6.65. The summed E-state index contributed by atoms with van der Waals surface area (Å²) >= 11 is 0. The molecule has 2 aromatic carbocycles. The highest BCUT2D eigenvalue weighted by Gasteiger charge is 2.23. The van der Waals surface area contributed by atoms with Gasteiger partial charge in [-0.2, -0.15) is 4.68 Å². The van der Waals surface area contributed by atoms with E-state index >= 15 is 0 Å². The minimum absolute atomic E-state index is 0.101. The molecular weight excluding hydrogens is 390 g/mol. The van der Waals surface area contributed by atoms with E-state index in [2.05, 4.69) is 10.4 Å². The Bertz CT molecular complexity index is 1110. The number of hydrogen-bond donors (Lipinski definition) is 1. The van der Waals surface area contributed by atoms with Crippen LogP contribution in [0.5, 0.6) is 5.75 Å². The molecule has 30 heavy (non-hydrogen) atoms. The SMILES string of the molecule is O=C(COC(=O)Cn1nc(-c2ccccc2)oc1=O)NC1CCOc2ccccc21. The second kappa shape index (κ2) is 8.64. The van der Waals surface area contributed by atoms with E-state index in [4.69, 9.17) is 13.9 Å². The number of ether oxygens (including phenoxy) is 2. The Balaban J connectivity index is 1.31. The third-order valence-electron chi connectivity index (χ3n) is 4.56. The molecule has 0 saturated heterocycles. The molecule has 154 valence electrons. The van der Waals surface area contributed by atoms with Gasteiger partial charge in [0.25, 0.3) is 5.91 Å². The number of benzene rings is 2. The van der Waals surface area contributed by atoms with Gasteiger partial charge in [-0.15, -0.1) is 5.10 Å². The molecule has 1 atom stereocenters. The topological polar surface area (TPSA) is 113 Å². The molecule has 0 bridgehead atoms. The van der Waals surface area contributed by atoms with Crippen LogP contribution < -0.4 is 15.8 Å². The van der Waals surface area contributed by atoms with E-state index in [1.165, 1.54) is 0 Å². The molecule has 1 amide bonds. The number of hydrogen-bond acceptors (Lipinski definition) is 7. The average Bonchev–Trinajstić information content (AvgIpc) is 3.13. The van der Waals surface area contributed by atoms with Crippen LogP contribution in [-0.4, -0.2) is 34.9 Å². The Morgan fingerprint density at radius 1 is 1.13 bits per heavy atom. The van der Waals surface area contributed by atoms with Crippen LogP contribution in [0.4, 0.5) is 0 Å². The molecule has 1 aliphatic rings. The molecule has 9 heteroatoms. The van der Waals surface area contributed by atoms with E-state index in [9.17, 15) is 14.4 Å². The minimum atomic E-state index is -0.783. The van der Waals surface area contributed by atoms with Crippen molar-refractivity contribution < 1.29 is 23.5 Å². The van der Waals surface area contributed by atoms with Crippen LogP contribution in [0, 0.1) is 0 Å². The maximum Gasteiger partial charge on any atom is 0.437 e. The Morgan fingerprint density at radius 3 is 2.73 bits per heavy atom. The van der Waals surface area contributed by atoms with Crippen molar-refractivity contribution in [2.75, 3.05) is 13.2 Å². The molecular formula is C21H19N3O6. The predicted octanol–water partition coefficient (Wildman–Crippen LogP) is 1.69. The highest BCUT2D eigenvalue weighted by Crippen LogP contribution is 2.31. The minimum Gasteiger partial charge on any atom is -0.493 e. The van der Waals surface area contributed by atoms with Crippen LogP contribution in [0.15, 0.2) is 63.8 Å². The first kappa shape index (κ1) is 19.4. The van der Waals surface area contributed by atoms with Crippen LogP contribution in [0.1, 0.15) is 18.0 Å². The number of nitrogens with one attached hydrogen (secondary N) is 1. The van der Waals surface area contributed by atoms with Gasteiger partial charge in [0.15, 0.2) is 6.61 Å². The first-order chi connectivity index (χ1) is 14.6. The Hall–Kier alpha value is -3.88. The lowest BCUT2D eigenvalue weighted by Crippen LogP contribution is -2.35. The number of rotatable bonds is 6. The van der Waals surface area contributed by atoms with Crippen molar-refractivity contribution >= 4 is 11.9 Å². The third kappa shape index (κ3) is 4.40. The number of carbonyl (C=O) groups is 2. The second-order valence-electron chi connectivity index (χ2n) is 6.65. The molecule has 0 fully saturated rings. The maximum atomic E-state index is 12.2. The largest absolute Gasteiger partial charge is 0.493 e. The molecule has 0 saturated carbocycles. The molecule has 1 N–H and O–H groups in total. The molecule has 1 aliphatic heterocycles. The molecule has 3 aromatic rings. The fourth-order valence-electron chi connectivity index (χ4n) is 3.15. The maximum absolute atomic E-state index is 12.2. The van der Waals surface area contributed by atoms with Gasteiger partial charge in [0.1, 0.15) is 12.3 Å². The van der Waals surface area contributed by atoms with Crippen molar-refractivity contribution in [3.63, 3.8) is 0 Å². The first-order valence-corrected chi connectivity index (χ1v) is 9.40. The monoisotopic (exact) mass is 409 g/mol. The summed E-state index contributed by atoms with van der Waals surface area (Å²) in [6, 6.07) is 16.1. The summed E-state index contributed by atoms with van der Waals surface area (Å²) in [5, 5.41) is 6.82. The lowest BCUT2D eigenvalue weighted by atomic mass is 10.0. The number of aromatic nitrogens is 2. The summed E-state index contributed by atoms with van der Waals surface area (Å²) < 4.78 is 16.5. The van der Waals surface area contributed by atoms with E-state index in [-0.39, 0.29) is 11.9 Å². The van der Waals surface area contributed by atoms with E-state index in [0.29, 0.717) is 18.6 Å². The third-order valence-corrected chi connectivity index (χ3v) is 4.56.